The minimum Gasteiger partial charge on any atom is -0.496 e. The first-order valence-corrected chi connectivity index (χ1v) is 13.1. The number of fused-ring (bicyclic) bond motifs is 2. The minimum atomic E-state index is -0.492. The number of thiazole rings is 1. The van der Waals surface area contributed by atoms with Gasteiger partial charge in [-0.3, -0.25) is 4.79 Å². The van der Waals surface area contributed by atoms with Crippen LogP contribution in [0.4, 0.5) is 0 Å². The Kier molecular flexibility index (Phi) is 7.06. The average molecular weight is 524 g/mol. The maximum Gasteiger partial charge on any atom is 0.338 e. The fourth-order valence-electron chi connectivity index (χ4n) is 5.18. The number of carbonyl (C=O) groups excluding carboxylic acids is 2. The second kappa shape index (κ2) is 10.4. The highest BCUT2D eigenvalue weighted by Crippen LogP contribution is 2.43. The van der Waals surface area contributed by atoms with E-state index >= 15 is 0 Å². The molecule has 4 atom stereocenters. The molecule has 0 saturated heterocycles. The second-order valence-electron chi connectivity index (χ2n) is 9.16. The maximum absolute atomic E-state index is 13.5. The Morgan fingerprint density at radius 3 is 2.46 bits per heavy atom. The van der Waals surface area contributed by atoms with Gasteiger partial charge < -0.3 is 23.7 Å². The lowest BCUT2D eigenvalue weighted by atomic mass is 9.72. The van der Waals surface area contributed by atoms with Gasteiger partial charge in [0.15, 0.2) is 17.3 Å². The third-order valence-corrected chi connectivity index (χ3v) is 8.24. The number of esters is 1. The normalized spacial score (nSPS) is 23.0. The number of nitrogens with zero attached hydrogens (tertiary/aromatic N) is 1. The number of ketones is 1. The van der Waals surface area contributed by atoms with Gasteiger partial charge in [0.2, 0.25) is 5.75 Å². The van der Waals surface area contributed by atoms with Crippen LogP contribution < -0.4 is 14.2 Å². The summed E-state index contributed by atoms with van der Waals surface area (Å²) in [5.41, 5.74) is 1.68. The van der Waals surface area contributed by atoms with E-state index < -0.39 is 5.97 Å². The van der Waals surface area contributed by atoms with E-state index in [2.05, 4.69) is 4.98 Å². The molecular weight excluding hydrogens is 494 g/mol. The molecule has 0 N–H and O–H groups in total. The average Bonchev–Trinajstić information content (AvgIpc) is 3.36. The van der Waals surface area contributed by atoms with Crippen LogP contribution in [0.2, 0.25) is 0 Å². The van der Waals surface area contributed by atoms with Crippen molar-refractivity contribution < 1.29 is 33.3 Å². The molecule has 0 spiro atoms. The van der Waals surface area contributed by atoms with Crippen molar-refractivity contribution in [1.29, 1.82) is 0 Å². The number of allylic oxidation sites excluding steroid dienone is 1. The van der Waals surface area contributed by atoms with Crippen LogP contribution in [0.25, 0.3) is 15.8 Å². The van der Waals surface area contributed by atoms with E-state index in [9.17, 15) is 9.59 Å². The molecule has 37 heavy (non-hydrogen) atoms. The molecule has 1 saturated carbocycles. The van der Waals surface area contributed by atoms with E-state index in [1.165, 1.54) is 38.9 Å². The number of Topliss-reactive ketones (excluding diaryl/α,β-unsaturated/α-hetero) is 1. The van der Waals surface area contributed by atoms with Crippen LogP contribution in [0.3, 0.4) is 0 Å². The lowest BCUT2D eigenvalue weighted by molar-refractivity contribution is -0.129. The highest BCUT2D eigenvalue weighted by Gasteiger charge is 2.46. The number of para-hydroxylation sites is 1. The molecule has 0 amide bonds. The fraction of sp³-hybridized carbons (Fsp3) is 0.393. The fourth-order valence-corrected chi connectivity index (χ4v) is 6.15. The predicted octanol–water partition coefficient (Wildman–Crippen LogP) is 5.29. The van der Waals surface area contributed by atoms with E-state index in [1.807, 2.05) is 31.2 Å². The summed E-state index contributed by atoms with van der Waals surface area (Å²) in [6, 6.07) is 11.0. The number of ether oxygens (including phenoxy) is 5. The molecule has 4 unspecified atom stereocenters. The summed E-state index contributed by atoms with van der Waals surface area (Å²) in [5.74, 6) is 0.426. The van der Waals surface area contributed by atoms with E-state index in [0.29, 0.717) is 46.2 Å². The van der Waals surface area contributed by atoms with Crippen molar-refractivity contribution in [2.75, 3.05) is 21.3 Å². The van der Waals surface area contributed by atoms with E-state index in [-0.39, 0.29) is 29.8 Å². The SMILES string of the molecule is CCC1CC2C(=O)C(c3nc4ccccc4s3)=COC2CC1OC(=O)c1cc(OC)c(OC)c(OC)c1. The molecule has 1 aromatic heterocycles. The monoisotopic (exact) mass is 523 g/mol. The summed E-state index contributed by atoms with van der Waals surface area (Å²) in [7, 11) is 4.49. The Balaban J connectivity index is 1.35. The standard InChI is InChI=1S/C28H29NO7S/c1-5-15-10-17-21(35-14-18(25(17)30)27-29-19-8-6-7-9-24(19)37-27)13-20(15)36-28(31)16-11-22(32-2)26(34-4)23(12-16)33-3/h6-9,11-12,14-15,17,20-21H,5,10,13H2,1-4H3. The Hall–Kier alpha value is -3.59. The van der Waals surface area contributed by atoms with Gasteiger partial charge in [-0.1, -0.05) is 19.1 Å². The number of aromatic nitrogens is 1. The van der Waals surface area contributed by atoms with Crippen molar-refractivity contribution in [3.05, 3.63) is 53.2 Å². The molecule has 1 fully saturated rings. The number of carbonyl (C=O) groups is 2. The summed E-state index contributed by atoms with van der Waals surface area (Å²) < 4.78 is 29.2. The van der Waals surface area contributed by atoms with Crippen molar-refractivity contribution in [2.24, 2.45) is 11.8 Å². The van der Waals surface area contributed by atoms with Crippen LogP contribution in [-0.2, 0) is 14.3 Å². The number of hydrogen-bond acceptors (Lipinski definition) is 9. The second-order valence-corrected chi connectivity index (χ2v) is 10.2. The molecular formula is C28H29NO7S. The molecule has 0 bridgehead atoms. The van der Waals surface area contributed by atoms with Gasteiger partial charge in [-0.05, 0) is 43.0 Å². The Labute approximate surface area is 219 Å². The van der Waals surface area contributed by atoms with Gasteiger partial charge in [-0.2, -0.15) is 0 Å². The maximum atomic E-state index is 13.5. The van der Waals surface area contributed by atoms with Crippen molar-refractivity contribution in [3.63, 3.8) is 0 Å². The van der Waals surface area contributed by atoms with Crippen LogP contribution in [0, 0.1) is 11.8 Å². The summed E-state index contributed by atoms with van der Waals surface area (Å²) in [4.78, 5) is 31.3. The van der Waals surface area contributed by atoms with Crippen molar-refractivity contribution in [3.8, 4) is 17.2 Å². The van der Waals surface area contributed by atoms with Gasteiger partial charge >= 0.3 is 5.97 Å². The van der Waals surface area contributed by atoms with Crippen LogP contribution in [-0.4, -0.2) is 50.3 Å². The number of hydrogen-bond donors (Lipinski definition) is 0. The first-order valence-electron chi connectivity index (χ1n) is 12.2. The predicted molar refractivity (Wildman–Crippen MR) is 139 cm³/mol. The zero-order valence-electron chi connectivity index (χ0n) is 21.2. The number of methoxy groups -OCH3 is 3. The van der Waals surface area contributed by atoms with Crippen molar-refractivity contribution in [1.82, 2.24) is 4.98 Å². The topological polar surface area (TPSA) is 93.2 Å². The quantitative estimate of drug-likeness (QED) is 0.386. The first kappa shape index (κ1) is 25.1. The Morgan fingerprint density at radius 1 is 1.08 bits per heavy atom. The molecule has 0 radical (unpaired) electrons. The van der Waals surface area contributed by atoms with Crippen LogP contribution in [0.15, 0.2) is 42.7 Å². The molecule has 9 heteroatoms. The zero-order valence-corrected chi connectivity index (χ0v) is 22.0. The molecule has 2 aromatic carbocycles. The van der Waals surface area contributed by atoms with Crippen LogP contribution >= 0.6 is 11.3 Å². The van der Waals surface area contributed by atoms with Gasteiger partial charge in [-0.15, -0.1) is 11.3 Å². The van der Waals surface area contributed by atoms with Crippen LogP contribution in [0.1, 0.15) is 41.6 Å². The summed E-state index contributed by atoms with van der Waals surface area (Å²) in [6.07, 6.45) is 2.58. The first-order chi connectivity index (χ1) is 18.0. The lowest BCUT2D eigenvalue weighted by Gasteiger charge is -2.41. The molecule has 1 aliphatic carbocycles. The lowest BCUT2D eigenvalue weighted by Crippen LogP contribution is -2.46. The molecule has 2 aliphatic rings. The highest BCUT2D eigenvalue weighted by atomic mass is 32.1. The number of rotatable bonds is 7. The Morgan fingerprint density at radius 2 is 1.81 bits per heavy atom. The summed E-state index contributed by atoms with van der Waals surface area (Å²) >= 11 is 1.49. The minimum absolute atomic E-state index is 0.0227. The number of benzene rings is 2. The van der Waals surface area contributed by atoms with Crippen molar-refractivity contribution >= 4 is 38.9 Å². The van der Waals surface area contributed by atoms with Crippen LogP contribution in [0.5, 0.6) is 17.2 Å². The third-order valence-electron chi connectivity index (χ3n) is 7.17. The van der Waals surface area contributed by atoms with Gasteiger partial charge in [0.1, 0.15) is 17.2 Å². The smallest absolute Gasteiger partial charge is 0.338 e. The highest BCUT2D eigenvalue weighted by molar-refractivity contribution is 7.19. The molecule has 2 heterocycles. The zero-order chi connectivity index (χ0) is 26.1. The third kappa shape index (κ3) is 4.64. The van der Waals surface area contributed by atoms with E-state index in [1.54, 1.807) is 12.1 Å². The van der Waals surface area contributed by atoms with E-state index in [0.717, 1.165) is 16.6 Å². The Bertz CT molecular complexity index is 1310. The molecule has 1 aliphatic heterocycles. The van der Waals surface area contributed by atoms with Gasteiger partial charge in [0.25, 0.3) is 0 Å². The summed E-state index contributed by atoms with van der Waals surface area (Å²) in [5, 5.41) is 0.675. The summed E-state index contributed by atoms with van der Waals surface area (Å²) in [6.45, 7) is 2.05. The van der Waals surface area contributed by atoms with Gasteiger partial charge in [-0.25, -0.2) is 9.78 Å². The molecule has 5 rings (SSSR count). The largest absolute Gasteiger partial charge is 0.496 e. The van der Waals surface area contributed by atoms with Crippen molar-refractivity contribution in [2.45, 2.75) is 38.4 Å². The van der Waals surface area contributed by atoms with E-state index in [4.69, 9.17) is 23.7 Å². The van der Waals surface area contributed by atoms with Gasteiger partial charge in [0, 0.05) is 6.42 Å². The molecule has 194 valence electrons. The molecule has 3 aromatic rings. The molecule has 8 nitrogen and oxygen atoms in total. The van der Waals surface area contributed by atoms with Gasteiger partial charge in [0.05, 0.1) is 54.9 Å².